The van der Waals surface area contributed by atoms with Crippen LogP contribution in [-0.2, 0) is 11.3 Å². The largest absolute Gasteiger partial charge is 0.326 e. The zero-order chi connectivity index (χ0) is 20.1. The normalized spacial score (nSPS) is 13.5. The number of anilines is 1. The molecule has 28 heavy (non-hydrogen) atoms. The summed E-state index contributed by atoms with van der Waals surface area (Å²) in [6.07, 6.45) is 4.61. The molecule has 1 fully saturated rings. The van der Waals surface area contributed by atoms with Gasteiger partial charge in [-0.15, -0.1) is 16.8 Å². The van der Waals surface area contributed by atoms with Gasteiger partial charge in [0.05, 0.1) is 5.75 Å². The number of ketones is 1. The van der Waals surface area contributed by atoms with Crippen molar-refractivity contribution in [3.63, 3.8) is 0 Å². The van der Waals surface area contributed by atoms with Gasteiger partial charge in [-0.05, 0) is 43.0 Å². The summed E-state index contributed by atoms with van der Waals surface area (Å²) < 4.78 is 2.05. The summed E-state index contributed by atoms with van der Waals surface area (Å²) in [5, 5.41) is 12.2. The molecule has 6 nitrogen and oxygen atoms in total. The molecule has 1 aliphatic rings. The van der Waals surface area contributed by atoms with Gasteiger partial charge in [0.25, 0.3) is 0 Å². The zero-order valence-electron chi connectivity index (χ0n) is 16.4. The summed E-state index contributed by atoms with van der Waals surface area (Å²) >= 11 is 1.40. The Morgan fingerprint density at radius 2 is 2.00 bits per heavy atom. The van der Waals surface area contributed by atoms with Crippen molar-refractivity contribution in [3.8, 4) is 0 Å². The Labute approximate surface area is 169 Å². The maximum absolute atomic E-state index is 12.5. The highest BCUT2D eigenvalue weighted by molar-refractivity contribution is 7.99. The molecule has 0 bridgehead atoms. The predicted octanol–water partition coefficient (Wildman–Crippen LogP) is 4.30. The van der Waals surface area contributed by atoms with Crippen LogP contribution in [0.2, 0.25) is 0 Å². The maximum atomic E-state index is 12.5. The Bertz CT molecular complexity index is 854. The van der Waals surface area contributed by atoms with Crippen molar-refractivity contribution in [2.24, 2.45) is 5.92 Å². The summed E-state index contributed by atoms with van der Waals surface area (Å²) in [5.74, 6) is 2.09. The number of rotatable bonds is 10. The SMILES string of the molecule is C=CCn1c(SCC(=O)c2ccc(NC(=O)CC(C)C)cc2)nnc1C1CC1. The lowest BCUT2D eigenvalue weighted by Crippen LogP contribution is -2.14. The summed E-state index contributed by atoms with van der Waals surface area (Å²) in [6, 6.07) is 7.03. The molecule has 2 aromatic rings. The molecule has 0 saturated heterocycles. The van der Waals surface area contributed by atoms with E-state index in [1.807, 2.05) is 19.9 Å². The van der Waals surface area contributed by atoms with E-state index in [-0.39, 0.29) is 11.7 Å². The third kappa shape index (κ3) is 5.32. The molecule has 0 radical (unpaired) electrons. The van der Waals surface area contributed by atoms with Crippen molar-refractivity contribution in [1.29, 1.82) is 0 Å². The fourth-order valence-corrected chi connectivity index (χ4v) is 3.74. The summed E-state index contributed by atoms with van der Waals surface area (Å²) in [4.78, 5) is 24.4. The number of amides is 1. The second-order valence-electron chi connectivity index (χ2n) is 7.45. The molecule has 148 valence electrons. The van der Waals surface area contributed by atoms with E-state index in [9.17, 15) is 9.59 Å². The van der Waals surface area contributed by atoms with Crippen LogP contribution in [0.15, 0.2) is 42.1 Å². The van der Waals surface area contributed by atoms with Crippen LogP contribution >= 0.6 is 11.8 Å². The summed E-state index contributed by atoms with van der Waals surface area (Å²) in [6.45, 7) is 8.46. The van der Waals surface area contributed by atoms with Gasteiger partial charge in [-0.1, -0.05) is 31.7 Å². The highest BCUT2D eigenvalue weighted by Crippen LogP contribution is 2.40. The number of hydrogen-bond donors (Lipinski definition) is 1. The molecule has 1 aromatic carbocycles. The first kappa shape index (κ1) is 20.3. The number of carbonyl (C=O) groups is 2. The molecular weight excluding hydrogens is 372 g/mol. The molecule has 3 rings (SSSR count). The van der Waals surface area contributed by atoms with E-state index in [1.54, 1.807) is 24.3 Å². The molecule has 1 N–H and O–H groups in total. The smallest absolute Gasteiger partial charge is 0.224 e. The first-order valence-corrected chi connectivity index (χ1v) is 10.6. The minimum Gasteiger partial charge on any atom is -0.326 e. The lowest BCUT2D eigenvalue weighted by atomic mass is 10.1. The standard InChI is InChI=1S/C21H26N4O2S/c1-4-11-25-20(16-5-6-16)23-24-21(25)28-13-18(26)15-7-9-17(10-8-15)22-19(27)12-14(2)3/h4,7-10,14,16H,1,5-6,11-13H2,2-3H3,(H,22,27). The summed E-state index contributed by atoms with van der Waals surface area (Å²) in [7, 11) is 0. The van der Waals surface area contributed by atoms with Crippen LogP contribution in [0.3, 0.4) is 0 Å². The van der Waals surface area contributed by atoms with E-state index in [0.29, 0.717) is 41.8 Å². The van der Waals surface area contributed by atoms with Crippen LogP contribution in [0.1, 0.15) is 55.2 Å². The van der Waals surface area contributed by atoms with Gasteiger partial charge in [-0.3, -0.25) is 9.59 Å². The van der Waals surface area contributed by atoms with Crippen LogP contribution in [0.25, 0.3) is 0 Å². The van der Waals surface area contributed by atoms with Gasteiger partial charge in [0, 0.05) is 30.1 Å². The number of Topliss-reactive ketones (excluding diaryl/α,β-unsaturated/α-hetero) is 1. The molecule has 7 heteroatoms. The fourth-order valence-electron chi connectivity index (χ4n) is 2.89. The highest BCUT2D eigenvalue weighted by Gasteiger charge is 2.30. The zero-order valence-corrected chi connectivity index (χ0v) is 17.2. The molecule has 1 aromatic heterocycles. The average Bonchev–Trinajstić information content (AvgIpc) is 3.42. The van der Waals surface area contributed by atoms with Gasteiger partial charge < -0.3 is 9.88 Å². The molecule has 0 spiro atoms. The topological polar surface area (TPSA) is 76.9 Å². The lowest BCUT2D eigenvalue weighted by Gasteiger charge is -2.08. The van der Waals surface area contributed by atoms with Crippen molar-refractivity contribution < 1.29 is 9.59 Å². The third-order valence-electron chi connectivity index (χ3n) is 4.42. The molecule has 0 unspecified atom stereocenters. The van der Waals surface area contributed by atoms with Crippen molar-refractivity contribution >= 4 is 29.1 Å². The van der Waals surface area contributed by atoms with E-state index in [2.05, 4.69) is 26.7 Å². The van der Waals surface area contributed by atoms with E-state index < -0.39 is 0 Å². The fraction of sp³-hybridized carbons (Fsp3) is 0.429. The number of aromatic nitrogens is 3. The molecule has 1 saturated carbocycles. The number of hydrogen-bond acceptors (Lipinski definition) is 5. The van der Waals surface area contributed by atoms with E-state index in [1.165, 1.54) is 11.8 Å². The van der Waals surface area contributed by atoms with Gasteiger partial charge in [0.1, 0.15) is 5.82 Å². The molecule has 1 amide bonds. The van der Waals surface area contributed by atoms with Gasteiger partial charge in [-0.2, -0.15) is 0 Å². The second-order valence-corrected chi connectivity index (χ2v) is 8.39. The predicted molar refractivity (Wildman–Crippen MR) is 112 cm³/mol. The van der Waals surface area contributed by atoms with Crippen molar-refractivity contribution in [3.05, 3.63) is 48.3 Å². The van der Waals surface area contributed by atoms with Gasteiger partial charge in [0.2, 0.25) is 5.91 Å². The third-order valence-corrected chi connectivity index (χ3v) is 5.38. The van der Waals surface area contributed by atoms with Crippen LogP contribution in [0.5, 0.6) is 0 Å². The van der Waals surface area contributed by atoms with Crippen LogP contribution < -0.4 is 5.32 Å². The van der Waals surface area contributed by atoms with Crippen LogP contribution in [0, 0.1) is 5.92 Å². The Hall–Kier alpha value is -2.41. The van der Waals surface area contributed by atoms with E-state index in [4.69, 9.17) is 0 Å². The van der Waals surface area contributed by atoms with Crippen LogP contribution in [-0.4, -0.2) is 32.2 Å². The Morgan fingerprint density at radius 1 is 1.29 bits per heavy atom. The van der Waals surface area contributed by atoms with E-state index >= 15 is 0 Å². The van der Waals surface area contributed by atoms with E-state index in [0.717, 1.165) is 23.8 Å². The molecule has 0 atom stereocenters. The Balaban J connectivity index is 1.58. The minimum atomic E-state index is -0.0161. The molecule has 0 aliphatic heterocycles. The second kappa shape index (κ2) is 9.19. The maximum Gasteiger partial charge on any atom is 0.224 e. The minimum absolute atomic E-state index is 0.0161. The average molecular weight is 399 g/mol. The molecular formula is C21H26N4O2S. The monoisotopic (exact) mass is 398 g/mol. The van der Waals surface area contributed by atoms with Crippen LogP contribution in [0.4, 0.5) is 5.69 Å². The van der Waals surface area contributed by atoms with Crippen molar-refractivity contribution in [2.75, 3.05) is 11.1 Å². The van der Waals surface area contributed by atoms with Gasteiger partial charge in [0.15, 0.2) is 10.9 Å². The number of benzene rings is 1. The van der Waals surface area contributed by atoms with Gasteiger partial charge >= 0.3 is 0 Å². The van der Waals surface area contributed by atoms with Crippen molar-refractivity contribution in [2.45, 2.75) is 50.7 Å². The first-order chi connectivity index (χ1) is 13.5. The number of allylic oxidation sites excluding steroid dienone is 1. The van der Waals surface area contributed by atoms with Crippen molar-refractivity contribution in [1.82, 2.24) is 14.8 Å². The number of thioether (sulfide) groups is 1. The lowest BCUT2D eigenvalue weighted by molar-refractivity contribution is -0.116. The number of nitrogens with zero attached hydrogens (tertiary/aromatic N) is 3. The number of nitrogens with one attached hydrogen (secondary N) is 1. The highest BCUT2D eigenvalue weighted by atomic mass is 32.2. The van der Waals surface area contributed by atoms with Gasteiger partial charge in [-0.25, -0.2) is 0 Å². The quantitative estimate of drug-likeness (QED) is 0.367. The molecule has 1 aliphatic carbocycles. The Morgan fingerprint density at radius 3 is 2.61 bits per heavy atom. The molecule has 1 heterocycles. The Kier molecular flexibility index (Phi) is 6.67. The summed E-state index contributed by atoms with van der Waals surface area (Å²) in [5.41, 5.74) is 1.32. The number of carbonyl (C=O) groups excluding carboxylic acids is 2. The first-order valence-electron chi connectivity index (χ1n) is 9.57.